The van der Waals surface area contributed by atoms with Gasteiger partial charge in [0.1, 0.15) is 17.2 Å². The average Bonchev–Trinajstić information content (AvgIpc) is 2.89. The maximum Gasteiger partial charge on any atom is 0.196 e. The second-order valence-corrected chi connectivity index (χ2v) is 8.75. The van der Waals surface area contributed by atoms with Crippen molar-refractivity contribution >= 4 is 28.7 Å². The molecule has 6 heteroatoms. The maximum absolute atomic E-state index is 13.7. The predicted molar refractivity (Wildman–Crippen MR) is 134 cm³/mol. The number of fused-ring (bicyclic) bond motifs is 5. The first-order valence-electron chi connectivity index (χ1n) is 11.4. The number of hydrogen-bond acceptors (Lipinski definition) is 6. The van der Waals surface area contributed by atoms with E-state index >= 15 is 0 Å². The van der Waals surface area contributed by atoms with Gasteiger partial charge >= 0.3 is 0 Å². The molecule has 6 nitrogen and oxygen atoms in total. The highest BCUT2D eigenvalue weighted by Gasteiger charge is 2.37. The van der Waals surface area contributed by atoms with Crippen LogP contribution in [0.2, 0.25) is 0 Å². The van der Waals surface area contributed by atoms with Gasteiger partial charge in [-0.05, 0) is 36.8 Å². The molecule has 0 amide bonds. The van der Waals surface area contributed by atoms with E-state index in [1.165, 1.54) is 0 Å². The van der Waals surface area contributed by atoms with Gasteiger partial charge in [-0.1, -0.05) is 48.0 Å². The fourth-order valence-corrected chi connectivity index (χ4v) is 4.69. The van der Waals surface area contributed by atoms with Crippen molar-refractivity contribution in [1.29, 1.82) is 0 Å². The van der Waals surface area contributed by atoms with Gasteiger partial charge in [-0.2, -0.15) is 0 Å². The Labute approximate surface area is 202 Å². The lowest BCUT2D eigenvalue weighted by atomic mass is 9.81. The summed E-state index contributed by atoms with van der Waals surface area (Å²) in [6, 6.07) is 16.4. The molecule has 1 heterocycles. The van der Waals surface area contributed by atoms with Crippen LogP contribution >= 0.6 is 0 Å². The molecule has 3 aromatic carbocycles. The molecule has 172 valence electrons. The average molecular weight is 463 g/mol. The van der Waals surface area contributed by atoms with Gasteiger partial charge in [0.15, 0.2) is 17.7 Å². The van der Waals surface area contributed by atoms with Crippen LogP contribution in [0.5, 0.6) is 11.5 Å². The lowest BCUT2D eigenvalue weighted by Crippen LogP contribution is -2.30. The summed E-state index contributed by atoms with van der Waals surface area (Å²) in [5.74, 6) is 0.823. The topological polar surface area (TPSA) is 77.0 Å². The molecule has 0 fully saturated rings. The second kappa shape index (κ2) is 8.09. The number of anilines is 1. The molecule has 6 rings (SSSR count). The standard InChI is InChI=1S/C29H22N2O4/c1-16-7-12-21-23(13-16)35-24-14-22(30-15-17-8-10-18(34-2)11-9-17)25-26(27(24)31-21)29(33)20-6-4-3-5-19(20)28(25)32/h3-14,23,30H,15H2,1-2H3. The van der Waals surface area contributed by atoms with E-state index in [0.717, 1.165) is 16.9 Å². The molecule has 3 aliphatic rings. The molecule has 0 saturated carbocycles. The molecule has 1 atom stereocenters. The molecular weight excluding hydrogens is 440 g/mol. The van der Waals surface area contributed by atoms with Crippen molar-refractivity contribution in [3.8, 4) is 11.5 Å². The largest absolute Gasteiger partial charge is 0.497 e. The van der Waals surface area contributed by atoms with Crippen LogP contribution in [-0.4, -0.2) is 30.5 Å². The fourth-order valence-electron chi connectivity index (χ4n) is 4.69. The highest BCUT2D eigenvalue weighted by atomic mass is 16.5. The van der Waals surface area contributed by atoms with Gasteiger partial charge in [-0.15, -0.1) is 0 Å². The van der Waals surface area contributed by atoms with E-state index in [1.54, 1.807) is 37.4 Å². The number of nitrogens with one attached hydrogen (secondary N) is 1. The molecule has 1 N–H and O–H groups in total. The van der Waals surface area contributed by atoms with Crippen LogP contribution in [0.25, 0.3) is 0 Å². The zero-order chi connectivity index (χ0) is 24.1. The number of ketones is 2. The predicted octanol–water partition coefficient (Wildman–Crippen LogP) is 5.43. The van der Waals surface area contributed by atoms with E-state index < -0.39 is 0 Å². The van der Waals surface area contributed by atoms with Crippen LogP contribution in [0, 0.1) is 0 Å². The van der Waals surface area contributed by atoms with Crippen LogP contribution in [0.4, 0.5) is 11.4 Å². The molecule has 1 aliphatic heterocycles. The van der Waals surface area contributed by atoms with Crippen LogP contribution in [0.3, 0.4) is 0 Å². The number of aliphatic imine (C=N–C) groups is 1. The number of nitrogens with zero attached hydrogens (tertiary/aromatic N) is 1. The molecule has 0 aromatic heterocycles. The number of rotatable bonds is 4. The lowest BCUT2D eigenvalue weighted by Gasteiger charge is -2.29. The van der Waals surface area contributed by atoms with Gasteiger partial charge < -0.3 is 14.8 Å². The number of allylic oxidation sites excluding steroid dienone is 2. The molecule has 2 aliphatic carbocycles. The van der Waals surface area contributed by atoms with Crippen molar-refractivity contribution in [2.75, 3.05) is 12.4 Å². The fraction of sp³-hybridized carbons (Fsp3) is 0.138. The zero-order valence-electron chi connectivity index (χ0n) is 19.3. The molecule has 35 heavy (non-hydrogen) atoms. The number of carbonyl (C=O) groups excluding carboxylic acids is 2. The van der Waals surface area contributed by atoms with Gasteiger partial charge in [0.2, 0.25) is 0 Å². The Morgan fingerprint density at radius 3 is 2.40 bits per heavy atom. The molecular formula is C29H22N2O4. The van der Waals surface area contributed by atoms with Gasteiger partial charge in [0, 0.05) is 23.7 Å². The van der Waals surface area contributed by atoms with E-state index in [0.29, 0.717) is 46.1 Å². The maximum atomic E-state index is 13.7. The van der Waals surface area contributed by atoms with Crippen molar-refractivity contribution in [3.05, 3.63) is 106 Å². The lowest BCUT2D eigenvalue weighted by molar-refractivity contribution is 0.0979. The molecule has 0 radical (unpaired) electrons. The highest BCUT2D eigenvalue weighted by molar-refractivity contribution is 6.32. The minimum atomic E-state index is -0.332. The first kappa shape index (κ1) is 21.1. The van der Waals surface area contributed by atoms with Crippen LogP contribution in [-0.2, 0) is 6.54 Å². The molecule has 0 bridgehead atoms. The van der Waals surface area contributed by atoms with Crippen molar-refractivity contribution in [2.45, 2.75) is 19.6 Å². The van der Waals surface area contributed by atoms with Crippen LogP contribution < -0.4 is 14.8 Å². The molecule has 0 spiro atoms. The normalized spacial score (nSPS) is 17.3. The van der Waals surface area contributed by atoms with Gasteiger partial charge in [0.25, 0.3) is 0 Å². The summed E-state index contributed by atoms with van der Waals surface area (Å²) in [6.07, 6.45) is 5.52. The number of hydrogen-bond donors (Lipinski definition) is 1. The number of carbonyl (C=O) groups is 2. The van der Waals surface area contributed by atoms with E-state index in [4.69, 9.17) is 14.5 Å². The summed E-state index contributed by atoms with van der Waals surface area (Å²) < 4.78 is 11.5. The Balaban J connectivity index is 1.49. The summed E-state index contributed by atoms with van der Waals surface area (Å²) in [6.45, 7) is 2.46. The SMILES string of the molecule is COc1ccc(CNc2cc3c(c4c2C(=O)c2ccccc2C4=O)N=C2C=CC(C)=CC2O3)cc1. The van der Waals surface area contributed by atoms with Crippen LogP contribution in [0.1, 0.15) is 44.3 Å². The number of ether oxygens (including phenoxy) is 2. The van der Waals surface area contributed by atoms with Gasteiger partial charge in [-0.3, -0.25) is 9.59 Å². The summed E-state index contributed by atoms with van der Waals surface area (Å²) >= 11 is 0. The summed E-state index contributed by atoms with van der Waals surface area (Å²) in [7, 11) is 1.62. The Hall–Kier alpha value is -4.45. The number of benzene rings is 3. The minimum absolute atomic E-state index is 0.201. The molecule has 3 aromatic rings. The van der Waals surface area contributed by atoms with Crippen LogP contribution in [0.15, 0.2) is 83.4 Å². The smallest absolute Gasteiger partial charge is 0.196 e. The molecule has 1 unspecified atom stereocenters. The second-order valence-electron chi connectivity index (χ2n) is 8.75. The van der Waals surface area contributed by atoms with E-state index in [2.05, 4.69) is 5.32 Å². The zero-order valence-corrected chi connectivity index (χ0v) is 19.3. The highest BCUT2D eigenvalue weighted by Crippen LogP contribution is 2.46. The third kappa shape index (κ3) is 3.46. The Morgan fingerprint density at radius 2 is 1.69 bits per heavy atom. The third-order valence-corrected chi connectivity index (χ3v) is 6.50. The van der Waals surface area contributed by atoms with E-state index in [9.17, 15) is 9.59 Å². The minimum Gasteiger partial charge on any atom is -0.497 e. The van der Waals surface area contributed by atoms with Crippen molar-refractivity contribution in [3.63, 3.8) is 0 Å². The Bertz CT molecular complexity index is 1500. The van der Waals surface area contributed by atoms with Crippen molar-refractivity contribution < 1.29 is 19.1 Å². The van der Waals surface area contributed by atoms with E-state index in [-0.39, 0.29) is 23.2 Å². The van der Waals surface area contributed by atoms with Gasteiger partial charge in [0.05, 0.1) is 29.6 Å². The van der Waals surface area contributed by atoms with Crippen molar-refractivity contribution in [1.82, 2.24) is 0 Å². The first-order valence-corrected chi connectivity index (χ1v) is 11.4. The summed E-state index contributed by atoms with van der Waals surface area (Å²) in [5.41, 5.74) is 5.15. The van der Waals surface area contributed by atoms with E-state index in [1.807, 2.05) is 49.4 Å². The Kier molecular flexibility index (Phi) is 4.88. The number of methoxy groups -OCH3 is 1. The summed E-state index contributed by atoms with van der Waals surface area (Å²) in [4.78, 5) is 32.1. The molecule has 0 saturated heterocycles. The van der Waals surface area contributed by atoms with Gasteiger partial charge in [-0.25, -0.2) is 4.99 Å². The summed E-state index contributed by atoms with van der Waals surface area (Å²) in [5, 5.41) is 3.37. The first-order chi connectivity index (χ1) is 17.0. The monoisotopic (exact) mass is 462 g/mol. The third-order valence-electron chi connectivity index (χ3n) is 6.50. The quantitative estimate of drug-likeness (QED) is 0.438. The Morgan fingerprint density at radius 1 is 0.971 bits per heavy atom. The van der Waals surface area contributed by atoms with Crippen molar-refractivity contribution in [2.24, 2.45) is 4.99 Å².